The highest BCUT2D eigenvalue weighted by Crippen LogP contribution is 2.26. The van der Waals surface area contributed by atoms with Crippen molar-refractivity contribution in [2.45, 2.75) is 19.5 Å². The van der Waals surface area contributed by atoms with Gasteiger partial charge in [0.15, 0.2) is 0 Å². The zero-order valence-electron chi connectivity index (χ0n) is 10.6. The molecule has 18 heavy (non-hydrogen) atoms. The molecular weight excluding hydrogens is 264 g/mol. The minimum atomic E-state index is 0. The molecule has 1 aliphatic heterocycles. The van der Waals surface area contributed by atoms with Crippen LogP contribution in [-0.2, 0) is 6.54 Å². The molecule has 1 N–H and O–H groups in total. The van der Waals surface area contributed by atoms with Crippen LogP contribution in [0.1, 0.15) is 11.8 Å². The second-order valence-corrected chi connectivity index (χ2v) is 6.01. The van der Waals surface area contributed by atoms with Crippen LogP contribution in [-0.4, -0.2) is 30.6 Å². The van der Waals surface area contributed by atoms with Gasteiger partial charge < -0.3 is 5.32 Å². The lowest BCUT2D eigenvalue weighted by atomic mass is 10.2. The molecule has 0 amide bonds. The van der Waals surface area contributed by atoms with Crippen LogP contribution in [0.2, 0.25) is 0 Å². The van der Waals surface area contributed by atoms with Gasteiger partial charge in [-0.15, -0.1) is 23.7 Å². The molecule has 4 heteroatoms. The summed E-state index contributed by atoms with van der Waals surface area (Å²) in [7, 11) is 0. The Morgan fingerprint density at radius 2 is 2.22 bits per heavy atom. The van der Waals surface area contributed by atoms with E-state index in [1.165, 1.54) is 21.5 Å². The summed E-state index contributed by atoms with van der Waals surface area (Å²) >= 11 is 1.93. The second kappa shape index (κ2) is 6.02. The summed E-state index contributed by atoms with van der Waals surface area (Å²) in [6.45, 7) is 6.81. The third kappa shape index (κ3) is 3.04. The van der Waals surface area contributed by atoms with Gasteiger partial charge in [0.1, 0.15) is 0 Å². The molecule has 0 bridgehead atoms. The monoisotopic (exact) mass is 282 g/mol. The Morgan fingerprint density at radius 3 is 3.00 bits per heavy atom. The van der Waals surface area contributed by atoms with Crippen molar-refractivity contribution in [2.75, 3.05) is 19.6 Å². The minimum absolute atomic E-state index is 0. The number of nitrogens with one attached hydrogen (secondary N) is 1. The number of halogens is 1. The van der Waals surface area contributed by atoms with Crippen molar-refractivity contribution in [3.63, 3.8) is 0 Å². The smallest absolute Gasteiger partial charge is 0.0346 e. The number of rotatable bonds is 2. The van der Waals surface area contributed by atoms with Gasteiger partial charge in [0.05, 0.1) is 0 Å². The van der Waals surface area contributed by atoms with E-state index in [4.69, 9.17) is 0 Å². The molecule has 1 atom stereocenters. The van der Waals surface area contributed by atoms with Gasteiger partial charge >= 0.3 is 0 Å². The Labute approximate surface area is 118 Å². The molecule has 0 unspecified atom stereocenters. The molecule has 0 saturated carbocycles. The third-order valence-electron chi connectivity index (χ3n) is 3.31. The summed E-state index contributed by atoms with van der Waals surface area (Å²) in [5, 5.41) is 4.87. The maximum atomic E-state index is 3.49. The zero-order chi connectivity index (χ0) is 11.7. The summed E-state index contributed by atoms with van der Waals surface area (Å²) in [6.07, 6.45) is 0. The van der Waals surface area contributed by atoms with E-state index in [1.54, 1.807) is 0 Å². The third-order valence-corrected chi connectivity index (χ3v) is 4.41. The van der Waals surface area contributed by atoms with Gasteiger partial charge in [-0.1, -0.05) is 18.2 Å². The van der Waals surface area contributed by atoms with Gasteiger partial charge in [-0.25, -0.2) is 0 Å². The van der Waals surface area contributed by atoms with Crippen LogP contribution in [0.25, 0.3) is 10.1 Å². The molecule has 1 aliphatic rings. The number of thiophene rings is 1. The molecule has 0 aliphatic carbocycles. The number of nitrogens with zero attached hydrogens (tertiary/aromatic N) is 1. The lowest BCUT2D eigenvalue weighted by Crippen LogP contribution is -2.48. The Bertz CT molecular complexity index is 478. The van der Waals surface area contributed by atoms with E-state index in [-0.39, 0.29) is 12.4 Å². The van der Waals surface area contributed by atoms with Crippen LogP contribution >= 0.6 is 23.7 Å². The van der Waals surface area contributed by atoms with Crippen molar-refractivity contribution < 1.29 is 0 Å². The van der Waals surface area contributed by atoms with E-state index in [1.807, 2.05) is 11.3 Å². The fraction of sp³-hybridized carbons (Fsp3) is 0.429. The number of benzene rings is 1. The minimum Gasteiger partial charge on any atom is -0.312 e. The van der Waals surface area contributed by atoms with Crippen molar-refractivity contribution >= 4 is 33.8 Å². The van der Waals surface area contributed by atoms with Gasteiger partial charge in [-0.05, 0) is 24.4 Å². The Hall–Kier alpha value is -0.610. The molecular formula is C14H19ClN2S. The van der Waals surface area contributed by atoms with E-state index >= 15 is 0 Å². The average Bonchev–Trinajstić information content (AvgIpc) is 2.71. The first kappa shape index (κ1) is 13.8. The SMILES string of the molecule is C[C@@H]1CN(Cc2cc3ccccc3s2)CCN1.Cl. The van der Waals surface area contributed by atoms with Crippen LogP contribution in [0.15, 0.2) is 30.3 Å². The van der Waals surface area contributed by atoms with Crippen molar-refractivity contribution in [3.05, 3.63) is 35.2 Å². The van der Waals surface area contributed by atoms with E-state index in [0.29, 0.717) is 6.04 Å². The standard InChI is InChI=1S/C14H18N2S.ClH/c1-11-9-16(7-6-15-11)10-13-8-12-4-2-3-5-14(12)17-13;/h2-5,8,11,15H,6-7,9-10H2,1H3;1H/t11-;/m1./s1. The number of hydrogen-bond acceptors (Lipinski definition) is 3. The molecule has 2 heterocycles. The van der Waals surface area contributed by atoms with Crippen LogP contribution in [0.5, 0.6) is 0 Å². The predicted molar refractivity (Wildman–Crippen MR) is 81.8 cm³/mol. The highest BCUT2D eigenvalue weighted by molar-refractivity contribution is 7.19. The molecule has 3 rings (SSSR count). The normalized spacial score (nSPS) is 20.8. The summed E-state index contributed by atoms with van der Waals surface area (Å²) in [6, 6.07) is 11.6. The van der Waals surface area contributed by atoms with Crippen molar-refractivity contribution in [1.82, 2.24) is 10.2 Å². The Morgan fingerprint density at radius 1 is 1.39 bits per heavy atom. The summed E-state index contributed by atoms with van der Waals surface area (Å²) in [4.78, 5) is 4.03. The average molecular weight is 283 g/mol. The molecule has 1 aromatic heterocycles. The number of piperazine rings is 1. The van der Waals surface area contributed by atoms with Gasteiger partial charge in [0, 0.05) is 41.8 Å². The van der Waals surface area contributed by atoms with Crippen LogP contribution in [0, 0.1) is 0 Å². The quantitative estimate of drug-likeness (QED) is 0.910. The molecule has 2 aromatic rings. The van der Waals surface area contributed by atoms with Crippen molar-refractivity contribution in [3.8, 4) is 0 Å². The highest BCUT2D eigenvalue weighted by atomic mass is 35.5. The molecule has 0 spiro atoms. The number of hydrogen-bond donors (Lipinski definition) is 1. The highest BCUT2D eigenvalue weighted by Gasteiger charge is 2.16. The van der Waals surface area contributed by atoms with Crippen LogP contribution in [0.3, 0.4) is 0 Å². The van der Waals surface area contributed by atoms with Crippen molar-refractivity contribution in [2.24, 2.45) is 0 Å². The Kier molecular flexibility index (Phi) is 4.62. The first-order valence-electron chi connectivity index (χ1n) is 6.24. The fourth-order valence-electron chi connectivity index (χ4n) is 2.49. The van der Waals surface area contributed by atoms with Gasteiger partial charge in [0.25, 0.3) is 0 Å². The van der Waals surface area contributed by atoms with Gasteiger partial charge in [-0.3, -0.25) is 4.90 Å². The largest absolute Gasteiger partial charge is 0.312 e. The van der Waals surface area contributed by atoms with Gasteiger partial charge in [-0.2, -0.15) is 0 Å². The van der Waals surface area contributed by atoms with E-state index in [9.17, 15) is 0 Å². The van der Waals surface area contributed by atoms with Crippen LogP contribution in [0.4, 0.5) is 0 Å². The first-order valence-corrected chi connectivity index (χ1v) is 7.06. The van der Waals surface area contributed by atoms with Gasteiger partial charge in [0.2, 0.25) is 0 Å². The maximum Gasteiger partial charge on any atom is 0.0346 e. The van der Waals surface area contributed by atoms with E-state index < -0.39 is 0 Å². The summed E-state index contributed by atoms with van der Waals surface area (Å²) in [5.74, 6) is 0. The summed E-state index contributed by atoms with van der Waals surface area (Å²) < 4.78 is 1.41. The molecule has 0 radical (unpaired) electrons. The van der Waals surface area contributed by atoms with Crippen LogP contribution < -0.4 is 5.32 Å². The molecule has 1 aromatic carbocycles. The zero-order valence-corrected chi connectivity index (χ0v) is 12.2. The maximum absolute atomic E-state index is 3.49. The molecule has 1 fully saturated rings. The van der Waals surface area contributed by atoms with E-state index in [0.717, 1.165) is 19.6 Å². The fourth-order valence-corrected chi connectivity index (χ4v) is 3.60. The lowest BCUT2D eigenvalue weighted by Gasteiger charge is -2.31. The molecule has 1 saturated heterocycles. The topological polar surface area (TPSA) is 15.3 Å². The lowest BCUT2D eigenvalue weighted by molar-refractivity contribution is 0.201. The Balaban J connectivity index is 0.00000120. The predicted octanol–water partition coefficient (Wildman–Crippen LogP) is 3.12. The summed E-state index contributed by atoms with van der Waals surface area (Å²) in [5.41, 5.74) is 0. The van der Waals surface area contributed by atoms with Crippen molar-refractivity contribution in [1.29, 1.82) is 0 Å². The molecule has 2 nitrogen and oxygen atoms in total. The number of fused-ring (bicyclic) bond motifs is 1. The van der Waals surface area contributed by atoms with E-state index in [2.05, 4.69) is 47.5 Å². The first-order chi connectivity index (χ1) is 8.31. The second-order valence-electron chi connectivity index (χ2n) is 4.84. The molecule has 98 valence electrons.